The maximum Gasteiger partial charge on any atom is 0.122 e. The van der Waals surface area contributed by atoms with Gasteiger partial charge < -0.3 is 0 Å². The van der Waals surface area contributed by atoms with Crippen molar-refractivity contribution in [1.29, 1.82) is 0 Å². The molecule has 0 bridgehead atoms. The van der Waals surface area contributed by atoms with E-state index in [2.05, 4.69) is 0 Å². The third kappa shape index (κ3) is 1.47. The second kappa shape index (κ2) is 3.00. The van der Waals surface area contributed by atoms with Gasteiger partial charge in [-0.2, -0.15) is 0 Å². The molecule has 0 amide bonds. The lowest BCUT2D eigenvalue weighted by Gasteiger charge is -2.12. The van der Waals surface area contributed by atoms with Gasteiger partial charge in [-0.15, -0.1) is 0 Å². The summed E-state index contributed by atoms with van der Waals surface area (Å²) in [6, 6.07) is 0. The molecule has 1 aliphatic rings. The van der Waals surface area contributed by atoms with Gasteiger partial charge in [-0.1, -0.05) is 19.9 Å². The van der Waals surface area contributed by atoms with Crippen LogP contribution >= 0.6 is 0 Å². The molecule has 1 heteroatoms. The van der Waals surface area contributed by atoms with Crippen LogP contribution < -0.4 is 0 Å². The molecular weight excluding hydrogens is 127 g/mol. The van der Waals surface area contributed by atoms with Crippen molar-refractivity contribution in [2.45, 2.75) is 20.3 Å². The first-order valence-electron chi connectivity index (χ1n) is 3.61. The Morgan fingerprint density at radius 2 is 2.20 bits per heavy atom. The van der Waals surface area contributed by atoms with Crippen molar-refractivity contribution >= 4 is 0 Å². The highest BCUT2D eigenvalue weighted by Gasteiger charge is 2.10. The number of allylic oxidation sites excluding steroid dienone is 4. The summed E-state index contributed by atoms with van der Waals surface area (Å²) in [5, 5.41) is 0. The summed E-state index contributed by atoms with van der Waals surface area (Å²) in [5.41, 5.74) is 0.850. The van der Waals surface area contributed by atoms with E-state index in [0.29, 0.717) is 5.92 Å². The lowest BCUT2D eigenvalue weighted by Crippen LogP contribution is -1.99. The molecule has 0 heterocycles. The zero-order valence-corrected chi connectivity index (χ0v) is 6.39. The van der Waals surface area contributed by atoms with E-state index in [1.54, 1.807) is 6.08 Å². The number of hydrogen-bond donors (Lipinski definition) is 0. The molecule has 10 heavy (non-hydrogen) atoms. The molecule has 55 valence electrons. The minimum absolute atomic E-state index is 0.0683. The van der Waals surface area contributed by atoms with Gasteiger partial charge in [0, 0.05) is 0 Å². The zero-order valence-electron chi connectivity index (χ0n) is 6.39. The number of halogens is 1. The van der Waals surface area contributed by atoms with E-state index in [1.165, 1.54) is 0 Å². The van der Waals surface area contributed by atoms with Crippen molar-refractivity contribution in [2.75, 3.05) is 0 Å². The molecule has 1 rings (SSSR count). The SMILES string of the molecule is CC(C)C1=C(F)C=CC[CH]1. The Bertz CT molecular complexity index is 175. The van der Waals surface area contributed by atoms with Gasteiger partial charge in [0.15, 0.2) is 0 Å². The molecule has 0 aromatic carbocycles. The third-order valence-corrected chi connectivity index (χ3v) is 1.64. The Hall–Kier alpha value is -0.590. The van der Waals surface area contributed by atoms with Crippen LogP contribution in [0.4, 0.5) is 4.39 Å². The number of rotatable bonds is 1. The van der Waals surface area contributed by atoms with Crippen molar-refractivity contribution in [3.8, 4) is 0 Å². The average Bonchev–Trinajstić information content (AvgIpc) is 1.88. The van der Waals surface area contributed by atoms with Crippen LogP contribution in [0.1, 0.15) is 20.3 Å². The molecule has 0 saturated carbocycles. The molecule has 0 unspecified atom stereocenters. The predicted octanol–water partition coefficient (Wildman–Crippen LogP) is 3.03. The van der Waals surface area contributed by atoms with Crippen LogP contribution in [0.5, 0.6) is 0 Å². The highest BCUT2D eigenvalue weighted by Crippen LogP contribution is 2.24. The van der Waals surface area contributed by atoms with Gasteiger partial charge in [0.1, 0.15) is 5.83 Å². The van der Waals surface area contributed by atoms with Gasteiger partial charge >= 0.3 is 0 Å². The maximum atomic E-state index is 12.9. The smallest absolute Gasteiger partial charge is 0.122 e. The molecule has 0 atom stereocenters. The quantitative estimate of drug-likeness (QED) is 0.523. The molecule has 0 nitrogen and oxygen atoms in total. The Labute approximate surface area is 61.4 Å². The highest BCUT2D eigenvalue weighted by atomic mass is 19.1. The molecule has 1 aliphatic carbocycles. The van der Waals surface area contributed by atoms with Crippen molar-refractivity contribution < 1.29 is 4.39 Å². The van der Waals surface area contributed by atoms with Gasteiger partial charge in [-0.3, -0.25) is 0 Å². The summed E-state index contributed by atoms with van der Waals surface area (Å²) in [6.45, 7) is 4.01. The van der Waals surface area contributed by atoms with Crippen LogP contribution in [0.15, 0.2) is 23.6 Å². The Morgan fingerprint density at radius 3 is 2.60 bits per heavy atom. The third-order valence-electron chi connectivity index (χ3n) is 1.64. The van der Waals surface area contributed by atoms with Gasteiger partial charge in [0.2, 0.25) is 0 Å². The number of hydrogen-bond acceptors (Lipinski definition) is 0. The standard InChI is InChI=1S/C9H12F/c1-7(2)8-5-3-4-6-9(8)10/h4-7H,3H2,1-2H3. The topological polar surface area (TPSA) is 0 Å². The van der Waals surface area contributed by atoms with Gasteiger partial charge in [0.25, 0.3) is 0 Å². The lowest BCUT2D eigenvalue weighted by molar-refractivity contribution is 0.614. The van der Waals surface area contributed by atoms with E-state index in [1.807, 2.05) is 26.3 Å². The molecule has 0 fully saturated rings. The summed E-state index contributed by atoms with van der Waals surface area (Å²) in [7, 11) is 0. The first kappa shape index (κ1) is 7.52. The van der Waals surface area contributed by atoms with Crippen molar-refractivity contribution in [2.24, 2.45) is 5.92 Å². The maximum absolute atomic E-state index is 12.9. The molecule has 0 saturated heterocycles. The lowest BCUT2D eigenvalue weighted by atomic mass is 9.94. The summed E-state index contributed by atoms with van der Waals surface area (Å²) < 4.78 is 12.9. The van der Waals surface area contributed by atoms with E-state index >= 15 is 0 Å². The van der Waals surface area contributed by atoms with Crippen LogP contribution in [-0.4, -0.2) is 0 Å². The van der Waals surface area contributed by atoms with E-state index in [9.17, 15) is 4.39 Å². The van der Waals surface area contributed by atoms with Crippen molar-refractivity contribution in [3.05, 3.63) is 30.0 Å². The van der Waals surface area contributed by atoms with Crippen LogP contribution in [0.25, 0.3) is 0 Å². The minimum atomic E-state index is -0.0683. The summed E-state index contributed by atoms with van der Waals surface area (Å²) in [5.74, 6) is 0.242. The van der Waals surface area contributed by atoms with E-state index < -0.39 is 0 Å². The summed E-state index contributed by atoms with van der Waals surface area (Å²) in [6.07, 6.45) is 6.21. The summed E-state index contributed by atoms with van der Waals surface area (Å²) in [4.78, 5) is 0. The largest absolute Gasteiger partial charge is 0.207 e. The fraction of sp³-hybridized carbons (Fsp3) is 0.444. The fourth-order valence-electron chi connectivity index (χ4n) is 1.07. The highest BCUT2D eigenvalue weighted by molar-refractivity contribution is 5.31. The predicted molar refractivity (Wildman–Crippen MR) is 41.0 cm³/mol. The zero-order chi connectivity index (χ0) is 7.56. The molecule has 0 aliphatic heterocycles. The van der Waals surface area contributed by atoms with Gasteiger partial charge in [-0.25, -0.2) is 4.39 Å². The monoisotopic (exact) mass is 139 g/mol. The van der Waals surface area contributed by atoms with E-state index in [0.717, 1.165) is 12.0 Å². The Balaban J connectivity index is 2.79. The second-order valence-electron chi connectivity index (χ2n) is 2.80. The average molecular weight is 139 g/mol. The summed E-state index contributed by atoms with van der Waals surface area (Å²) >= 11 is 0. The van der Waals surface area contributed by atoms with E-state index in [4.69, 9.17) is 0 Å². The van der Waals surface area contributed by atoms with Crippen LogP contribution in [0, 0.1) is 12.3 Å². The van der Waals surface area contributed by atoms with Crippen LogP contribution in [0.2, 0.25) is 0 Å². The van der Waals surface area contributed by atoms with Crippen molar-refractivity contribution in [3.63, 3.8) is 0 Å². The van der Waals surface area contributed by atoms with E-state index in [-0.39, 0.29) is 5.83 Å². The van der Waals surface area contributed by atoms with Crippen LogP contribution in [0.3, 0.4) is 0 Å². The Kier molecular flexibility index (Phi) is 2.25. The second-order valence-corrected chi connectivity index (χ2v) is 2.80. The molecule has 0 aromatic heterocycles. The first-order valence-corrected chi connectivity index (χ1v) is 3.61. The molecule has 0 N–H and O–H groups in total. The minimum Gasteiger partial charge on any atom is -0.207 e. The molecule has 0 aromatic rings. The fourth-order valence-corrected chi connectivity index (χ4v) is 1.07. The van der Waals surface area contributed by atoms with Gasteiger partial charge in [0.05, 0.1) is 0 Å². The van der Waals surface area contributed by atoms with Gasteiger partial charge in [-0.05, 0) is 30.4 Å². The molecule has 1 radical (unpaired) electrons. The molecule has 0 spiro atoms. The Morgan fingerprint density at radius 1 is 1.50 bits per heavy atom. The molecular formula is C9H12F. The van der Waals surface area contributed by atoms with Crippen LogP contribution in [-0.2, 0) is 0 Å². The normalized spacial score (nSPS) is 18.8. The van der Waals surface area contributed by atoms with Crippen molar-refractivity contribution in [1.82, 2.24) is 0 Å². The first-order chi connectivity index (χ1) is 4.72.